The summed E-state index contributed by atoms with van der Waals surface area (Å²) in [6.07, 6.45) is 5.79. The summed E-state index contributed by atoms with van der Waals surface area (Å²) >= 11 is 2.72. The molecule has 1 unspecified atom stereocenters. The molecule has 0 saturated heterocycles. The summed E-state index contributed by atoms with van der Waals surface area (Å²) in [6.45, 7) is 1.92. The van der Waals surface area contributed by atoms with Gasteiger partial charge in [0.1, 0.15) is 5.92 Å². The van der Waals surface area contributed by atoms with E-state index >= 15 is 0 Å². The van der Waals surface area contributed by atoms with E-state index in [1.807, 2.05) is 12.3 Å². The molecule has 2 amide bonds. The van der Waals surface area contributed by atoms with Crippen LogP contribution in [0.5, 0.6) is 0 Å². The first-order chi connectivity index (χ1) is 10.6. The summed E-state index contributed by atoms with van der Waals surface area (Å²) in [5.74, 6) is -0.187. The Bertz CT molecular complexity index is 577. The van der Waals surface area contributed by atoms with Gasteiger partial charge in [-0.2, -0.15) is 4.99 Å². The predicted octanol–water partition coefficient (Wildman–Crippen LogP) is 2.73. The van der Waals surface area contributed by atoms with E-state index in [2.05, 4.69) is 15.3 Å². The third-order valence-corrected chi connectivity index (χ3v) is 5.93. The molecule has 1 N–H and O–H groups in total. The highest BCUT2D eigenvalue weighted by Crippen LogP contribution is 2.35. The van der Waals surface area contributed by atoms with Crippen LogP contribution in [0.3, 0.4) is 0 Å². The van der Waals surface area contributed by atoms with Crippen molar-refractivity contribution in [1.29, 1.82) is 0 Å². The summed E-state index contributed by atoms with van der Waals surface area (Å²) < 4.78 is 0. The smallest absolute Gasteiger partial charge is 0.262 e. The van der Waals surface area contributed by atoms with Gasteiger partial charge in [-0.3, -0.25) is 9.59 Å². The zero-order valence-electron chi connectivity index (χ0n) is 12.5. The lowest BCUT2D eigenvalue weighted by Crippen LogP contribution is -2.37. The van der Waals surface area contributed by atoms with E-state index in [0.29, 0.717) is 11.2 Å². The largest absolute Gasteiger partial charge is 0.353 e. The van der Waals surface area contributed by atoms with Crippen molar-refractivity contribution in [3.8, 4) is 0 Å². The van der Waals surface area contributed by atoms with Crippen molar-refractivity contribution in [3.05, 3.63) is 11.0 Å². The Hall–Kier alpha value is -1.08. The van der Waals surface area contributed by atoms with E-state index < -0.39 is 0 Å². The first-order valence-electron chi connectivity index (χ1n) is 7.60. The number of amides is 2. The Balaban J connectivity index is 1.51. The first-order valence-corrected chi connectivity index (χ1v) is 9.46. The van der Waals surface area contributed by atoms with Crippen LogP contribution >= 0.6 is 23.5 Å². The minimum atomic E-state index is -0.287. The second-order valence-electron chi connectivity index (χ2n) is 5.79. The number of thioether (sulfide) groups is 2. The van der Waals surface area contributed by atoms with Crippen LogP contribution in [0, 0.1) is 5.92 Å². The maximum absolute atomic E-state index is 12.0. The van der Waals surface area contributed by atoms with E-state index in [1.165, 1.54) is 42.8 Å². The highest BCUT2D eigenvalue weighted by molar-refractivity contribution is 8.17. The Morgan fingerprint density at radius 3 is 2.91 bits per heavy atom. The lowest BCUT2D eigenvalue weighted by atomic mass is 9.95. The van der Waals surface area contributed by atoms with Gasteiger partial charge in [0.2, 0.25) is 5.91 Å². The second-order valence-corrected chi connectivity index (χ2v) is 7.62. The molecule has 0 aromatic heterocycles. The summed E-state index contributed by atoms with van der Waals surface area (Å²) in [5.41, 5.74) is 0.997. The fourth-order valence-electron chi connectivity index (χ4n) is 2.86. The van der Waals surface area contributed by atoms with Gasteiger partial charge in [-0.1, -0.05) is 42.8 Å². The Kier molecular flexibility index (Phi) is 5.03. The highest BCUT2D eigenvalue weighted by atomic mass is 32.2. The third-order valence-electron chi connectivity index (χ3n) is 4.03. The van der Waals surface area contributed by atoms with E-state index in [9.17, 15) is 9.59 Å². The van der Waals surface area contributed by atoms with Gasteiger partial charge in [0.25, 0.3) is 5.91 Å². The molecule has 0 aromatic rings. The lowest BCUT2D eigenvalue weighted by molar-refractivity contribution is -0.120. The molecule has 2 heterocycles. The molecule has 0 radical (unpaired) electrons. The van der Waals surface area contributed by atoms with Gasteiger partial charge in [0.15, 0.2) is 5.17 Å². The van der Waals surface area contributed by atoms with Crippen molar-refractivity contribution in [2.45, 2.75) is 45.1 Å². The van der Waals surface area contributed by atoms with Gasteiger partial charge in [-0.15, -0.1) is 0 Å². The van der Waals surface area contributed by atoms with Gasteiger partial charge in [-0.25, -0.2) is 4.99 Å². The molecule has 2 aliphatic heterocycles. The number of aliphatic imine (C=N–C) groups is 2. The molecule has 1 fully saturated rings. The average Bonchev–Trinajstić information content (AvgIpc) is 2.88. The molecular weight excluding hydrogens is 318 g/mol. The molecule has 1 aliphatic carbocycles. The first kappa shape index (κ1) is 15.8. The number of amidine groups is 1. The second kappa shape index (κ2) is 7.00. The van der Waals surface area contributed by atoms with Gasteiger partial charge in [0, 0.05) is 6.04 Å². The zero-order chi connectivity index (χ0) is 15.5. The van der Waals surface area contributed by atoms with E-state index in [1.54, 1.807) is 0 Å². The highest BCUT2D eigenvalue weighted by Gasteiger charge is 2.34. The predicted molar refractivity (Wildman–Crippen MR) is 92.2 cm³/mol. The molecular formula is C15H19N3O2S2. The van der Waals surface area contributed by atoms with Crippen LogP contribution in [0.1, 0.15) is 39.0 Å². The molecule has 3 aliphatic rings. The molecule has 0 aromatic carbocycles. The molecule has 3 rings (SSSR count). The number of nitrogens with zero attached hydrogens (tertiary/aromatic N) is 2. The Morgan fingerprint density at radius 1 is 1.36 bits per heavy atom. The minimum absolute atomic E-state index is 0.00255. The van der Waals surface area contributed by atoms with E-state index in [0.717, 1.165) is 23.5 Å². The van der Waals surface area contributed by atoms with Crippen molar-refractivity contribution >= 4 is 45.5 Å². The normalized spacial score (nSPS) is 25.2. The van der Waals surface area contributed by atoms with Crippen LogP contribution in [0.4, 0.5) is 0 Å². The van der Waals surface area contributed by atoms with Crippen molar-refractivity contribution < 1.29 is 9.59 Å². The fourth-order valence-corrected chi connectivity index (χ4v) is 4.59. The van der Waals surface area contributed by atoms with Crippen molar-refractivity contribution in [2.75, 3.05) is 5.75 Å². The molecule has 5 nitrogen and oxygen atoms in total. The number of carbonyl (C=O) groups is 2. The monoisotopic (exact) mass is 337 g/mol. The Labute approximate surface area is 138 Å². The summed E-state index contributed by atoms with van der Waals surface area (Å²) in [7, 11) is 0. The van der Waals surface area contributed by atoms with Crippen molar-refractivity contribution in [2.24, 2.45) is 15.9 Å². The summed E-state index contributed by atoms with van der Waals surface area (Å²) in [6, 6.07) is 0.310. The Morgan fingerprint density at radius 2 is 2.14 bits per heavy atom. The molecule has 0 bridgehead atoms. The maximum atomic E-state index is 12.0. The molecule has 22 heavy (non-hydrogen) atoms. The lowest BCUT2D eigenvalue weighted by Gasteiger charge is -2.22. The zero-order valence-corrected chi connectivity index (χ0v) is 14.1. The van der Waals surface area contributed by atoms with Crippen LogP contribution in [0.25, 0.3) is 0 Å². The van der Waals surface area contributed by atoms with Gasteiger partial charge >= 0.3 is 0 Å². The topological polar surface area (TPSA) is 70.9 Å². The van der Waals surface area contributed by atoms with E-state index in [-0.39, 0.29) is 23.5 Å². The fraction of sp³-hybridized carbons (Fsp3) is 0.600. The molecule has 1 atom stereocenters. The standard InChI is InChI=1S/C15H19N3O2S2/c1-9-7-21-14-12(9)13(20)17-15(18-14)22-8-11(19)16-10-5-3-2-4-6-10/h7,10,12H,2-6,8H2,1H3,(H,16,19). The molecule has 7 heteroatoms. The average molecular weight is 337 g/mol. The number of hydrogen-bond donors (Lipinski definition) is 1. The third kappa shape index (κ3) is 3.63. The minimum Gasteiger partial charge on any atom is -0.353 e. The number of nitrogens with one attached hydrogen (secondary N) is 1. The van der Waals surface area contributed by atoms with Crippen LogP contribution in [-0.2, 0) is 9.59 Å². The number of hydrogen-bond acceptors (Lipinski definition) is 5. The van der Waals surface area contributed by atoms with Crippen LogP contribution in [-0.4, -0.2) is 33.8 Å². The van der Waals surface area contributed by atoms with Crippen LogP contribution < -0.4 is 5.32 Å². The number of rotatable bonds is 3. The quantitative estimate of drug-likeness (QED) is 0.859. The van der Waals surface area contributed by atoms with Gasteiger partial charge < -0.3 is 5.32 Å². The van der Waals surface area contributed by atoms with Gasteiger partial charge in [0.05, 0.1) is 10.8 Å². The SMILES string of the molecule is CC1=CSC2=NC(SCC(=O)NC3CCCCC3)=NC(=O)C12. The number of fused-ring (bicyclic) bond motifs is 1. The van der Waals surface area contributed by atoms with Gasteiger partial charge in [-0.05, 0) is 30.7 Å². The van der Waals surface area contributed by atoms with Crippen molar-refractivity contribution in [1.82, 2.24) is 5.32 Å². The number of carbonyl (C=O) groups excluding carboxylic acids is 2. The molecule has 0 spiro atoms. The summed E-state index contributed by atoms with van der Waals surface area (Å²) in [5, 5.41) is 6.20. The van der Waals surface area contributed by atoms with Crippen LogP contribution in [0.2, 0.25) is 0 Å². The van der Waals surface area contributed by atoms with Crippen molar-refractivity contribution in [3.63, 3.8) is 0 Å². The van der Waals surface area contributed by atoms with E-state index in [4.69, 9.17) is 0 Å². The molecule has 118 valence electrons. The van der Waals surface area contributed by atoms with Crippen LogP contribution in [0.15, 0.2) is 21.0 Å². The molecule has 1 saturated carbocycles. The maximum Gasteiger partial charge on any atom is 0.262 e. The summed E-state index contributed by atoms with van der Waals surface area (Å²) in [4.78, 5) is 32.4.